The number of rotatable bonds is 7. The van der Waals surface area contributed by atoms with Crippen molar-refractivity contribution in [2.45, 2.75) is 96.1 Å². The second kappa shape index (κ2) is 11.3. The van der Waals surface area contributed by atoms with E-state index in [1.54, 1.807) is 13.8 Å². The molecule has 3 fully saturated rings. The van der Waals surface area contributed by atoms with E-state index in [0.717, 1.165) is 34.3 Å². The highest BCUT2D eigenvalue weighted by Gasteiger charge is 2.76. The standard InChI is InChI=1S/C35H42BrClN2O6/c1-6-30(42)44-19-29(41)35(45-31(43)7-2)20(3)13-26-25-12-11-22-14-27-21(18-38-39(27)24-10-8-9-23(36)15-24)16-32(22,4)34(25,37)28(40)17-33(26,35)5/h8-10,14-15,18,20,25-26,28,40H,6-7,11-13,16-17,19H2,1-5H3/t20-,25-,26-,28-,32-,33-,34-,35+/m0/s1. The largest absolute Gasteiger partial charge is 0.457 e. The van der Waals surface area contributed by atoms with Crippen molar-refractivity contribution in [1.82, 2.24) is 9.78 Å². The quantitative estimate of drug-likeness (QED) is 0.256. The maximum atomic E-state index is 14.1. The van der Waals surface area contributed by atoms with Gasteiger partial charge in [0.2, 0.25) is 5.78 Å². The number of aromatic nitrogens is 2. The fourth-order valence-electron chi connectivity index (χ4n) is 9.66. The van der Waals surface area contributed by atoms with Crippen molar-refractivity contribution < 1.29 is 29.0 Å². The van der Waals surface area contributed by atoms with Crippen molar-refractivity contribution in [2.24, 2.45) is 28.6 Å². The zero-order valence-electron chi connectivity index (χ0n) is 26.6. The third-order valence-corrected chi connectivity index (χ3v) is 13.2. The summed E-state index contributed by atoms with van der Waals surface area (Å²) >= 11 is 11.4. The number of halogens is 2. The molecule has 0 saturated heterocycles. The normalized spacial score (nSPS) is 36.6. The first-order valence-corrected chi connectivity index (χ1v) is 17.3. The molecule has 4 aliphatic rings. The van der Waals surface area contributed by atoms with Crippen molar-refractivity contribution in [3.63, 3.8) is 0 Å². The molecule has 1 N–H and O–H groups in total. The number of hydrogen-bond donors (Lipinski definition) is 1. The summed E-state index contributed by atoms with van der Waals surface area (Å²) in [5.41, 5.74) is 1.24. The molecule has 8 nitrogen and oxygen atoms in total. The Morgan fingerprint density at radius 3 is 2.58 bits per heavy atom. The van der Waals surface area contributed by atoms with Gasteiger partial charge in [0.1, 0.15) is 0 Å². The SMILES string of the molecule is CCC(=O)OCC(=O)[C@]1(OC(=O)CC)[C@@H](C)C[C@H]2[C@@H]3CCC4=Cc5c(cnn5-c5cccc(Br)c5)C[C@]4(C)[C@@]3(Cl)[C@@H](O)C[C@@]21C. The van der Waals surface area contributed by atoms with Crippen LogP contribution in [-0.4, -0.2) is 55.8 Å². The molecule has 3 saturated carbocycles. The number of hydrogen-bond acceptors (Lipinski definition) is 7. The van der Waals surface area contributed by atoms with Gasteiger partial charge in [0.05, 0.1) is 28.6 Å². The van der Waals surface area contributed by atoms with Crippen LogP contribution in [0.4, 0.5) is 0 Å². The summed E-state index contributed by atoms with van der Waals surface area (Å²) in [5, 5.41) is 17.0. The number of carbonyl (C=O) groups is 3. The van der Waals surface area contributed by atoms with E-state index in [1.807, 2.05) is 49.0 Å². The van der Waals surface area contributed by atoms with Crippen molar-refractivity contribution in [2.75, 3.05) is 6.61 Å². The summed E-state index contributed by atoms with van der Waals surface area (Å²) in [7, 11) is 0. The zero-order chi connectivity index (χ0) is 32.5. The van der Waals surface area contributed by atoms with Crippen LogP contribution in [0.1, 0.15) is 84.4 Å². The minimum absolute atomic E-state index is 0.102. The minimum Gasteiger partial charge on any atom is -0.457 e. The van der Waals surface area contributed by atoms with E-state index in [2.05, 4.69) is 28.9 Å². The molecular formula is C35H42BrClN2O6. The summed E-state index contributed by atoms with van der Waals surface area (Å²) in [4.78, 5) is 38.1. The number of carbonyl (C=O) groups excluding carboxylic acids is 3. The first-order chi connectivity index (χ1) is 21.3. The Morgan fingerprint density at radius 1 is 1.16 bits per heavy atom. The lowest BCUT2D eigenvalue weighted by Gasteiger charge is -2.65. The minimum atomic E-state index is -1.54. The van der Waals surface area contributed by atoms with Crippen LogP contribution in [0.3, 0.4) is 0 Å². The highest BCUT2D eigenvalue weighted by Crippen LogP contribution is 2.72. The molecule has 0 bridgehead atoms. The molecule has 8 atom stereocenters. The third kappa shape index (κ3) is 4.54. The van der Waals surface area contributed by atoms with Gasteiger partial charge < -0.3 is 14.6 Å². The number of benzene rings is 1. The Morgan fingerprint density at radius 2 is 1.89 bits per heavy atom. The van der Waals surface area contributed by atoms with E-state index >= 15 is 0 Å². The van der Waals surface area contributed by atoms with Gasteiger partial charge in [0, 0.05) is 34.1 Å². The third-order valence-electron chi connectivity index (χ3n) is 11.8. The highest BCUT2D eigenvalue weighted by atomic mass is 79.9. The Balaban J connectivity index is 1.39. The maximum Gasteiger partial charge on any atom is 0.306 e. The number of alkyl halides is 1. The Kier molecular flexibility index (Phi) is 8.18. The molecule has 0 amide bonds. The highest BCUT2D eigenvalue weighted by molar-refractivity contribution is 9.10. The summed E-state index contributed by atoms with van der Waals surface area (Å²) < 4.78 is 14.4. The van der Waals surface area contributed by atoms with Gasteiger partial charge >= 0.3 is 11.9 Å². The van der Waals surface area contributed by atoms with Crippen LogP contribution in [0.25, 0.3) is 11.8 Å². The molecular weight excluding hydrogens is 660 g/mol. The van der Waals surface area contributed by atoms with Gasteiger partial charge in [-0.1, -0.05) is 62.2 Å². The van der Waals surface area contributed by atoms with E-state index in [1.165, 1.54) is 5.57 Å². The predicted molar refractivity (Wildman–Crippen MR) is 174 cm³/mol. The summed E-state index contributed by atoms with van der Waals surface area (Å²) in [6.45, 7) is 8.97. The lowest BCUT2D eigenvalue weighted by molar-refractivity contribution is -0.204. The van der Waals surface area contributed by atoms with Gasteiger partial charge in [-0.3, -0.25) is 14.4 Å². The number of fused-ring (bicyclic) bond motifs is 6. The zero-order valence-corrected chi connectivity index (χ0v) is 28.9. The lowest BCUT2D eigenvalue weighted by Crippen LogP contribution is -2.70. The first-order valence-electron chi connectivity index (χ1n) is 16.1. The molecule has 0 spiro atoms. The fraction of sp³-hybridized carbons (Fsp3) is 0.600. The number of aliphatic hydroxyl groups is 1. The fourth-order valence-corrected chi connectivity index (χ4v) is 10.6. The van der Waals surface area contributed by atoms with Crippen LogP contribution >= 0.6 is 27.5 Å². The molecule has 242 valence electrons. The van der Waals surface area contributed by atoms with Crippen LogP contribution in [0.2, 0.25) is 0 Å². The van der Waals surface area contributed by atoms with E-state index in [4.69, 9.17) is 26.2 Å². The number of esters is 2. The number of ether oxygens (including phenoxy) is 2. The number of Topliss-reactive ketones (excluding diaryl/α,β-unsaturated/α-hetero) is 1. The molecule has 6 rings (SSSR count). The van der Waals surface area contributed by atoms with Crippen LogP contribution in [0, 0.1) is 28.6 Å². The Bertz CT molecular complexity index is 1590. The van der Waals surface area contributed by atoms with Crippen molar-refractivity contribution in [3.05, 3.63) is 51.8 Å². The topological polar surface area (TPSA) is 108 Å². The van der Waals surface area contributed by atoms with Gasteiger partial charge in [-0.25, -0.2) is 4.68 Å². The van der Waals surface area contributed by atoms with E-state index < -0.39 is 51.7 Å². The number of allylic oxidation sites excluding steroid dienone is 1. The number of aliphatic hydroxyl groups excluding tert-OH is 1. The molecule has 1 heterocycles. The smallest absolute Gasteiger partial charge is 0.306 e. The number of ketones is 1. The first kappa shape index (κ1) is 32.5. The van der Waals surface area contributed by atoms with Gasteiger partial charge in [-0.2, -0.15) is 5.10 Å². The Hall–Kier alpha value is -2.49. The molecule has 1 aromatic heterocycles. The summed E-state index contributed by atoms with van der Waals surface area (Å²) in [6, 6.07) is 8.04. The van der Waals surface area contributed by atoms with Crippen molar-refractivity contribution in [3.8, 4) is 5.69 Å². The second-order valence-corrected chi connectivity index (χ2v) is 15.5. The lowest BCUT2D eigenvalue weighted by atomic mass is 9.44. The van der Waals surface area contributed by atoms with E-state index in [0.29, 0.717) is 12.8 Å². The monoisotopic (exact) mass is 700 g/mol. The van der Waals surface area contributed by atoms with Gasteiger partial charge in [-0.05, 0) is 73.8 Å². The summed E-state index contributed by atoms with van der Waals surface area (Å²) in [6.07, 6.45) is 6.29. The van der Waals surface area contributed by atoms with Crippen LogP contribution in [0.5, 0.6) is 0 Å². The molecule has 4 aliphatic carbocycles. The average molecular weight is 702 g/mol. The van der Waals surface area contributed by atoms with Crippen LogP contribution < -0.4 is 0 Å². The van der Waals surface area contributed by atoms with Crippen LogP contribution in [0.15, 0.2) is 40.5 Å². The molecule has 0 unspecified atom stereocenters. The van der Waals surface area contributed by atoms with Gasteiger partial charge in [-0.15, -0.1) is 11.6 Å². The van der Waals surface area contributed by atoms with Gasteiger partial charge in [0.25, 0.3) is 0 Å². The molecule has 10 heteroatoms. The van der Waals surface area contributed by atoms with Crippen molar-refractivity contribution >= 4 is 51.3 Å². The van der Waals surface area contributed by atoms with Crippen LogP contribution in [-0.2, 0) is 30.3 Å². The van der Waals surface area contributed by atoms with E-state index in [9.17, 15) is 19.5 Å². The Labute approximate surface area is 278 Å². The molecule has 0 radical (unpaired) electrons. The average Bonchev–Trinajstić information content (AvgIpc) is 3.50. The molecule has 2 aromatic rings. The van der Waals surface area contributed by atoms with E-state index in [-0.39, 0.29) is 37.0 Å². The summed E-state index contributed by atoms with van der Waals surface area (Å²) in [5.74, 6) is -2.01. The molecule has 45 heavy (non-hydrogen) atoms. The predicted octanol–water partition coefficient (Wildman–Crippen LogP) is 6.61. The maximum absolute atomic E-state index is 14.1. The second-order valence-electron chi connectivity index (χ2n) is 13.9. The van der Waals surface area contributed by atoms with Gasteiger partial charge in [0.15, 0.2) is 12.2 Å². The molecule has 1 aromatic carbocycles. The van der Waals surface area contributed by atoms with Crippen molar-refractivity contribution in [1.29, 1.82) is 0 Å². The number of nitrogens with zero attached hydrogens (tertiary/aromatic N) is 2. The molecule has 0 aliphatic heterocycles.